The average molecular weight is 344 g/mol. The van der Waals surface area contributed by atoms with E-state index >= 15 is 0 Å². The molecule has 0 aromatic heterocycles. The zero-order chi connectivity index (χ0) is 18.4. The maximum Gasteiger partial charge on any atom is 0.334 e. The summed E-state index contributed by atoms with van der Waals surface area (Å²) in [6.45, 7) is 9.67. The van der Waals surface area contributed by atoms with Gasteiger partial charge in [0.05, 0.1) is 12.2 Å². The Hall–Kier alpha value is -2.14. The van der Waals surface area contributed by atoms with Gasteiger partial charge in [0.25, 0.3) is 0 Å². The Morgan fingerprint density at radius 1 is 1.28 bits per heavy atom. The maximum atomic E-state index is 12.3. The fourth-order valence-electron chi connectivity index (χ4n) is 3.87. The highest BCUT2D eigenvalue weighted by molar-refractivity contribution is 5.90. The second kappa shape index (κ2) is 6.30. The molecule has 0 radical (unpaired) electrons. The predicted octanol–water partition coefficient (Wildman–Crippen LogP) is 2.48. The zero-order valence-electron chi connectivity index (χ0n) is 14.8. The van der Waals surface area contributed by atoms with Gasteiger partial charge in [-0.25, -0.2) is 9.59 Å². The summed E-state index contributed by atoms with van der Waals surface area (Å²) >= 11 is 0. The summed E-state index contributed by atoms with van der Waals surface area (Å²) in [7, 11) is 0. The molecule has 0 aromatic rings. The van der Waals surface area contributed by atoms with E-state index in [0.717, 1.165) is 11.1 Å². The molecule has 0 spiro atoms. The van der Waals surface area contributed by atoms with Crippen LogP contribution in [0.1, 0.15) is 27.2 Å². The summed E-state index contributed by atoms with van der Waals surface area (Å²) in [5.74, 6) is -0.711. The minimum Gasteiger partial charge on any atom is -0.462 e. The van der Waals surface area contributed by atoms with Gasteiger partial charge in [-0.1, -0.05) is 30.4 Å². The lowest BCUT2D eigenvalue weighted by atomic mass is 9.64. The van der Waals surface area contributed by atoms with E-state index in [1.807, 2.05) is 6.92 Å². The van der Waals surface area contributed by atoms with Crippen LogP contribution >= 0.6 is 0 Å². The Morgan fingerprint density at radius 3 is 2.68 bits per heavy atom. The van der Waals surface area contributed by atoms with Crippen molar-refractivity contribution in [3.05, 3.63) is 47.6 Å². The highest BCUT2D eigenvalue weighted by Gasteiger charge is 2.48. The molecule has 2 fully saturated rings. The van der Waals surface area contributed by atoms with Gasteiger partial charge in [0.15, 0.2) is 0 Å². The fourth-order valence-corrected chi connectivity index (χ4v) is 3.87. The van der Waals surface area contributed by atoms with Gasteiger partial charge in [-0.05, 0) is 32.8 Å². The van der Waals surface area contributed by atoms with E-state index in [-0.39, 0.29) is 42.4 Å². The van der Waals surface area contributed by atoms with Crippen molar-refractivity contribution in [1.82, 2.24) is 0 Å². The molecule has 1 saturated heterocycles. The standard InChI is InChI=1S/C20H24O5/c1-11-8-17(21)25-18-12(2)16-10-24-19(22)13(15(16)9-14(11)18)6-5-7-20(3,4)23/h5-8,14-16,18,23H,2,9-10H2,1,3-4H3/b7-5+,13-6-/t14-,15+,16-,18-/m1/s1. The molecule has 3 rings (SSSR count). The summed E-state index contributed by atoms with van der Waals surface area (Å²) in [5.41, 5.74) is 1.41. The first-order valence-electron chi connectivity index (χ1n) is 8.54. The van der Waals surface area contributed by atoms with E-state index in [1.54, 1.807) is 32.1 Å². The third kappa shape index (κ3) is 3.47. The Morgan fingerprint density at radius 2 is 2.00 bits per heavy atom. The first kappa shape index (κ1) is 17.7. The minimum atomic E-state index is -0.951. The Balaban J connectivity index is 1.93. The summed E-state index contributed by atoms with van der Waals surface area (Å²) in [6, 6.07) is 0. The molecule has 1 saturated carbocycles. The second-order valence-electron chi connectivity index (χ2n) is 7.61. The molecule has 2 heterocycles. The van der Waals surface area contributed by atoms with Crippen molar-refractivity contribution in [2.24, 2.45) is 17.8 Å². The van der Waals surface area contributed by atoms with Gasteiger partial charge in [0.2, 0.25) is 0 Å². The molecular weight excluding hydrogens is 320 g/mol. The van der Waals surface area contributed by atoms with E-state index in [4.69, 9.17) is 9.47 Å². The van der Waals surface area contributed by atoms with Gasteiger partial charge < -0.3 is 14.6 Å². The number of aliphatic hydroxyl groups is 1. The molecule has 3 aliphatic rings. The molecule has 25 heavy (non-hydrogen) atoms. The van der Waals surface area contributed by atoms with Crippen molar-refractivity contribution >= 4 is 11.9 Å². The molecule has 2 aliphatic heterocycles. The van der Waals surface area contributed by atoms with Crippen LogP contribution in [0.3, 0.4) is 0 Å². The first-order chi connectivity index (χ1) is 11.7. The highest BCUT2D eigenvalue weighted by Crippen LogP contribution is 2.48. The lowest BCUT2D eigenvalue weighted by molar-refractivity contribution is -0.152. The SMILES string of the molecule is C=C1[C@H]2COC(=O)/C(=C\C=C\C(C)(C)O)[C@@H]2C[C@@H]2C(C)=CC(=O)O[C@H]12. The van der Waals surface area contributed by atoms with Crippen molar-refractivity contribution in [3.8, 4) is 0 Å². The molecule has 0 unspecified atom stereocenters. The van der Waals surface area contributed by atoms with E-state index in [9.17, 15) is 14.7 Å². The Labute approximate surface area is 147 Å². The van der Waals surface area contributed by atoms with Gasteiger partial charge in [-0.3, -0.25) is 0 Å². The average Bonchev–Trinajstić information content (AvgIpc) is 2.50. The van der Waals surface area contributed by atoms with Crippen LogP contribution in [0.2, 0.25) is 0 Å². The van der Waals surface area contributed by atoms with E-state index in [1.165, 1.54) is 6.08 Å². The molecule has 0 aromatic carbocycles. The number of ether oxygens (including phenoxy) is 2. The van der Waals surface area contributed by atoms with Crippen molar-refractivity contribution in [3.63, 3.8) is 0 Å². The summed E-state index contributed by atoms with van der Waals surface area (Å²) in [5, 5.41) is 9.80. The van der Waals surface area contributed by atoms with Gasteiger partial charge in [0, 0.05) is 29.4 Å². The van der Waals surface area contributed by atoms with Crippen molar-refractivity contribution in [2.45, 2.75) is 38.9 Å². The van der Waals surface area contributed by atoms with Gasteiger partial charge >= 0.3 is 11.9 Å². The number of hydrogen-bond donors (Lipinski definition) is 1. The third-order valence-electron chi connectivity index (χ3n) is 5.18. The monoisotopic (exact) mass is 344 g/mol. The molecule has 5 nitrogen and oxygen atoms in total. The second-order valence-corrected chi connectivity index (χ2v) is 7.61. The van der Waals surface area contributed by atoms with Crippen molar-refractivity contribution < 1.29 is 24.2 Å². The van der Waals surface area contributed by atoms with Crippen LogP contribution in [-0.2, 0) is 19.1 Å². The molecular formula is C20H24O5. The smallest absolute Gasteiger partial charge is 0.334 e. The number of cyclic esters (lactones) is 1. The van der Waals surface area contributed by atoms with Gasteiger partial charge in [-0.15, -0.1) is 0 Å². The van der Waals surface area contributed by atoms with E-state index in [2.05, 4.69) is 6.58 Å². The fraction of sp³-hybridized carbons (Fsp3) is 0.500. The number of esters is 2. The summed E-state index contributed by atoms with van der Waals surface area (Å²) in [4.78, 5) is 24.0. The van der Waals surface area contributed by atoms with Crippen LogP contribution in [0, 0.1) is 17.8 Å². The van der Waals surface area contributed by atoms with Crippen molar-refractivity contribution in [1.29, 1.82) is 0 Å². The van der Waals surface area contributed by atoms with Gasteiger partial charge in [-0.2, -0.15) is 0 Å². The Kier molecular flexibility index (Phi) is 4.45. The number of fused-ring (bicyclic) bond motifs is 2. The molecule has 5 heteroatoms. The van der Waals surface area contributed by atoms with Crippen LogP contribution in [0.15, 0.2) is 47.6 Å². The van der Waals surface area contributed by atoms with Crippen LogP contribution in [-0.4, -0.2) is 35.4 Å². The summed E-state index contributed by atoms with van der Waals surface area (Å²) < 4.78 is 10.8. The van der Waals surface area contributed by atoms with Crippen LogP contribution in [0.5, 0.6) is 0 Å². The quantitative estimate of drug-likeness (QED) is 0.473. The number of allylic oxidation sites excluding steroid dienone is 2. The largest absolute Gasteiger partial charge is 0.462 e. The molecule has 0 amide bonds. The minimum absolute atomic E-state index is 0.0263. The zero-order valence-corrected chi connectivity index (χ0v) is 14.8. The lowest BCUT2D eigenvalue weighted by Gasteiger charge is -2.46. The molecule has 1 N–H and O–H groups in total. The number of carbonyl (C=O) groups excluding carboxylic acids is 2. The van der Waals surface area contributed by atoms with Crippen LogP contribution in [0.25, 0.3) is 0 Å². The van der Waals surface area contributed by atoms with Crippen LogP contribution < -0.4 is 0 Å². The van der Waals surface area contributed by atoms with Gasteiger partial charge in [0.1, 0.15) is 6.10 Å². The number of carbonyl (C=O) groups is 2. The predicted molar refractivity (Wildman–Crippen MR) is 92.3 cm³/mol. The molecule has 134 valence electrons. The number of rotatable bonds is 2. The third-order valence-corrected chi connectivity index (χ3v) is 5.18. The summed E-state index contributed by atoms with van der Waals surface area (Å²) in [6.07, 6.45) is 6.93. The first-order valence-corrected chi connectivity index (χ1v) is 8.54. The van der Waals surface area contributed by atoms with Crippen LogP contribution in [0.4, 0.5) is 0 Å². The number of hydrogen-bond acceptors (Lipinski definition) is 5. The highest BCUT2D eigenvalue weighted by atomic mass is 16.5. The van der Waals surface area contributed by atoms with E-state index in [0.29, 0.717) is 12.0 Å². The normalized spacial score (nSPS) is 34.3. The van der Waals surface area contributed by atoms with Crippen molar-refractivity contribution in [2.75, 3.05) is 6.61 Å². The van der Waals surface area contributed by atoms with E-state index < -0.39 is 5.60 Å². The molecule has 1 aliphatic carbocycles. The Bertz CT molecular complexity index is 704. The lowest BCUT2D eigenvalue weighted by Crippen LogP contribution is -2.47. The topological polar surface area (TPSA) is 72.8 Å². The molecule has 0 bridgehead atoms. The maximum absolute atomic E-state index is 12.3. The molecule has 4 atom stereocenters.